The molecule has 4 nitrogen and oxygen atoms in total. The van der Waals surface area contributed by atoms with Gasteiger partial charge in [-0.25, -0.2) is 0 Å². The van der Waals surface area contributed by atoms with Gasteiger partial charge in [0.1, 0.15) is 6.04 Å². The van der Waals surface area contributed by atoms with E-state index in [9.17, 15) is 4.79 Å². The van der Waals surface area contributed by atoms with Crippen LogP contribution in [0.3, 0.4) is 0 Å². The van der Waals surface area contributed by atoms with Gasteiger partial charge in [0.15, 0.2) is 0 Å². The fraction of sp³-hybridized carbons (Fsp3) is 0.909. The van der Waals surface area contributed by atoms with Gasteiger partial charge in [0.25, 0.3) is 0 Å². The number of carbonyl (C=O) groups is 1. The molecule has 1 fully saturated rings. The molecule has 1 saturated carbocycles. The summed E-state index contributed by atoms with van der Waals surface area (Å²) >= 11 is 0. The van der Waals surface area contributed by atoms with E-state index in [1.54, 1.807) is 0 Å². The molecule has 0 radical (unpaired) electrons. The summed E-state index contributed by atoms with van der Waals surface area (Å²) in [6.45, 7) is 3.86. The van der Waals surface area contributed by atoms with Gasteiger partial charge < -0.3 is 15.8 Å². The number of likely N-dealkylation sites (N-methyl/N-ethyl adjacent to an activating group) is 1. The Morgan fingerprint density at radius 2 is 2.20 bits per heavy atom. The predicted molar refractivity (Wildman–Crippen MR) is 59.4 cm³/mol. The lowest BCUT2D eigenvalue weighted by Crippen LogP contribution is -2.44. The fourth-order valence-electron chi connectivity index (χ4n) is 2.02. The summed E-state index contributed by atoms with van der Waals surface area (Å²) in [4.78, 5) is 11.0. The molecule has 1 aliphatic rings. The number of carbonyl (C=O) groups excluding carboxylic acids is 1. The zero-order chi connectivity index (χ0) is 11.1. The van der Waals surface area contributed by atoms with Crippen molar-refractivity contribution in [3.63, 3.8) is 0 Å². The Morgan fingerprint density at radius 1 is 1.53 bits per heavy atom. The molecular formula is C11H22N2O2. The number of hydrogen-bond acceptors (Lipinski definition) is 3. The Kier molecular flexibility index (Phi) is 5.65. The Morgan fingerprint density at radius 3 is 2.73 bits per heavy atom. The first-order valence-electron chi connectivity index (χ1n) is 5.84. The van der Waals surface area contributed by atoms with Crippen molar-refractivity contribution in [3.05, 3.63) is 0 Å². The van der Waals surface area contributed by atoms with Gasteiger partial charge in [-0.3, -0.25) is 4.79 Å². The van der Waals surface area contributed by atoms with Gasteiger partial charge in [-0.15, -0.1) is 0 Å². The zero-order valence-electron chi connectivity index (χ0n) is 9.50. The Bertz CT molecular complexity index is 191. The number of amides is 1. The molecule has 1 amide bonds. The standard InChI is InChI=1S/C11H22N2O2/c1-2-13-10(11(12)14)8-15-7-9-5-3-4-6-9/h9-10,13H,2-8H2,1H3,(H2,12,14). The highest BCUT2D eigenvalue weighted by atomic mass is 16.5. The first-order chi connectivity index (χ1) is 7.24. The van der Waals surface area contributed by atoms with Crippen LogP contribution in [0.1, 0.15) is 32.6 Å². The van der Waals surface area contributed by atoms with Crippen molar-refractivity contribution >= 4 is 5.91 Å². The van der Waals surface area contributed by atoms with Crippen LogP contribution < -0.4 is 11.1 Å². The van der Waals surface area contributed by atoms with Gasteiger partial charge in [-0.05, 0) is 25.3 Å². The van der Waals surface area contributed by atoms with Crippen LogP contribution in [0.4, 0.5) is 0 Å². The van der Waals surface area contributed by atoms with Crippen molar-refractivity contribution < 1.29 is 9.53 Å². The van der Waals surface area contributed by atoms with Crippen LogP contribution in [0.5, 0.6) is 0 Å². The van der Waals surface area contributed by atoms with E-state index in [0.717, 1.165) is 13.2 Å². The molecule has 0 aromatic rings. The van der Waals surface area contributed by atoms with Crippen LogP contribution in [-0.4, -0.2) is 31.7 Å². The predicted octanol–water partition coefficient (Wildman–Crippen LogP) is 0.657. The second-order valence-corrected chi connectivity index (χ2v) is 4.20. The lowest BCUT2D eigenvalue weighted by Gasteiger charge is -2.16. The van der Waals surface area contributed by atoms with Crippen LogP contribution in [0.2, 0.25) is 0 Å². The monoisotopic (exact) mass is 214 g/mol. The Hall–Kier alpha value is -0.610. The van der Waals surface area contributed by atoms with Crippen molar-refractivity contribution in [2.45, 2.75) is 38.6 Å². The van der Waals surface area contributed by atoms with Gasteiger partial charge in [0, 0.05) is 6.61 Å². The zero-order valence-corrected chi connectivity index (χ0v) is 9.50. The van der Waals surface area contributed by atoms with Crippen LogP contribution in [0.15, 0.2) is 0 Å². The summed E-state index contributed by atoms with van der Waals surface area (Å²) in [5.41, 5.74) is 5.24. The molecule has 0 heterocycles. The summed E-state index contributed by atoms with van der Waals surface area (Å²) in [6, 6.07) is -0.337. The lowest BCUT2D eigenvalue weighted by atomic mass is 10.1. The topological polar surface area (TPSA) is 64.3 Å². The first-order valence-corrected chi connectivity index (χ1v) is 5.84. The van der Waals surface area contributed by atoms with Crippen molar-refractivity contribution in [1.29, 1.82) is 0 Å². The minimum absolute atomic E-state index is 0.330. The highest BCUT2D eigenvalue weighted by molar-refractivity contribution is 5.79. The molecule has 15 heavy (non-hydrogen) atoms. The van der Waals surface area contributed by atoms with Gasteiger partial charge in [0.2, 0.25) is 5.91 Å². The average molecular weight is 214 g/mol. The second kappa shape index (κ2) is 6.80. The van der Waals surface area contributed by atoms with Gasteiger partial charge >= 0.3 is 0 Å². The molecular weight excluding hydrogens is 192 g/mol. The Balaban J connectivity index is 2.12. The van der Waals surface area contributed by atoms with E-state index in [0.29, 0.717) is 12.5 Å². The molecule has 88 valence electrons. The fourth-order valence-corrected chi connectivity index (χ4v) is 2.02. The second-order valence-electron chi connectivity index (χ2n) is 4.20. The number of hydrogen-bond donors (Lipinski definition) is 2. The molecule has 4 heteroatoms. The van der Waals surface area contributed by atoms with Crippen LogP contribution in [0.25, 0.3) is 0 Å². The van der Waals surface area contributed by atoms with E-state index >= 15 is 0 Å². The van der Waals surface area contributed by atoms with E-state index in [4.69, 9.17) is 10.5 Å². The molecule has 1 atom stereocenters. The van der Waals surface area contributed by atoms with Crippen LogP contribution in [0, 0.1) is 5.92 Å². The van der Waals surface area contributed by atoms with Gasteiger partial charge in [-0.1, -0.05) is 19.8 Å². The van der Waals surface area contributed by atoms with Crippen molar-refractivity contribution in [3.8, 4) is 0 Å². The highest BCUT2D eigenvalue weighted by Crippen LogP contribution is 2.24. The molecule has 1 unspecified atom stereocenters. The quantitative estimate of drug-likeness (QED) is 0.654. The molecule has 0 spiro atoms. The van der Waals surface area contributed by atoms with Crippen LogP contribution >= 0.6 is 0 Å². The molecule has 0 aromatic heterocycles. The summed E-state index contributed by atoms with van der Waals surface area (Å²) in [6.07, 6.45) is 5.17. The SMILES string of the molecule is CCNC(COCC1CCCC1)C(N)=O. The summed E-state index contributed by atoms with van der Waals surface area (Å²) in [5, 5.41) is 3.01. The molecule has 0 aromatic carbocycles. The summed E-state index contributed by atoms with van der Waals surface area (Å²) < 4.78 is 5.53. The van der Waals surface area contributed by atoms with E-state index in [2.05, 4.69) is 5.32 Å². The van der Waals surface area contributed by atoms with E-state index in [-0.39, 0.29) is 11.9 Å². The third kappa shape index (κ3) is 4.62. The highest BCUT2D eigenvalue weighted by Gasteiger charge is 2.17. The number of primary amides is 1. The molecule has 0 bridgehead atoms. The van der Waals surface area contributed by atoms with Gasteiger partial charge in [0.05, 0.1) is 6.61 Å². The molecule has 0 saturated heterocycles. The maximum atomic E-state index is 11.0. The molecule has 3 N–H and O–H groups in total. The maximum absolute atomic E-state index is 11.0. The van der Waals surface area contributed by atoms with E-state index in [1.807, 2.05) is 6.92 Å². The molecule has 0 aliphatic heterocycles. The van der Waals surface area contributed by atoms with Crippen molar-refractivity contribution in [1.82, 2.24) is 5.32 Å². The minimum Gasteiger partial charge on any atom is -0.379 e. The van der Waals surface area contributed by atoms with E-state index < -0.39 is 0 Å². The number of nitrogens with two attached hydrogens (primary N) is 1. The lowest BCUT2D eigenvalue weighted by molar-refractivity contribution is -0.121. The molecule has 1 rings (SSSR count). The van der Waals surface area contributed by atoms with Crippen molar-refractivity contribution in [2.24, 2.45) is 11.7 Å². The van der Waals surface area contributed by atoms with Crippen molar-refractivity contribution in [2.75, 3.05) is 19.8 Å². The largest absolute Gasteiger partial charge is 0.379 e. The van der Waals surface area contributed by atoms with E-state index in [1.165, 1.54) is 25.7 Å². The minimum atomic E-state index is -0.337. The third-order valence-corrected chi connectivity index (χ3v) is 2.91. The smallest absolute Gasteiger partial charge is 0.236 e. The number of nitrogens with one attached hydrogen (secondary N) is 1. The number of ether oxygens (including phenoxy) is 1. The normalized spacial score (nSPS) is 19.3. The van der Waals surface area contributed by atoms with Crippen LogP contribution in [-0.2, 0) is 9.53 Å². The average Bonchev–Trinajstić information content (AvgIpc) is 2.69. The summed E-state index contributed by atoms with van der Waals surface area (Å²) in [5.74, 6) is 0.364. The summed E-state index contributed by atoms with van der Waals surface area (Å²) in [7, 11) is 0. The first kappa shape index (κ1) is 12.5. The number of rotatable bonds is 7. The molecule has 1 aliphatic carbocycles. The Labute approximate surface area is 91.5 Å². The third-order valence-electron chi connectivity index (χ3n) is 2.91. The van der Waals surface area contributed by atoms with Gasteiger partial charge in [-0.2, -0.15) is 0 Å². The maximum Gasteiger partial charge on any atom is 0.236 e.